The summed E-state index contributed by atoms with van der Waals surface area (Å²) in [5.74, 6) is 0.215. The molecule has 2 aromatic rings. The van der Waals surface area contributed by atoms with Crippen LogP contribution in [0, 0.1) is 0 Å². The van der Waals surface area contributed by atoms with Gasteiger partial charge in [-0.15, -0.1) is 0 Å². The first-order chi connectivity index (χ1) is 15.2. The molecule has 0 aliphatic carbocycles. The van der Waals surface area contributed by atoms with Crippen molar-refractivity contribution < 1.29 is 4.79 Å². The maximum Gasteiger partial charge on any atom is 0.226 e. The van der Waals surface area contributed by atoms with Crippen molar-refractivity contribution in [3.8, 4) is 0 Å². The van der Waals surface area contributed by atoms with E-state index in [2.05, 4.69) is 57.6 Å². The number of para-hydroxylation sites is 1. The fourth-order valence-electron chi connectivity index (χ4n) is 5.10. The van der Waals surface area contributed by atoms with Gasteiger partial charge in [-0.3, -0.25) is 14.6 Å². The summed E-state index contributed by atoms with van der Waals surface area (Å²) in [4.78, 5) is 20.2. The molecule has 1 amide bonds. The zero-order valence-electron chi connectivity index (χ0n) is 18.8. The number of rotatable bonds is 7. The van der Waals surface area contributed by atoms with Crippen LogP contribution in [0.5, 0.6) is 0 Å². The van der Waals surface area contributed by atoms with Crippen LogP contribution in [0.3, 0.4) is 0 Å². The predicted octanol–water partition coefficient (Wildman–Crippen LogP) is 3.37. The van der Waals surface area contributed by atoms with Crippen molar-refractivity contribution in [3.05, 3.63) is 66.2 Å². The minimum absolute atomic E-state index is 0.0464. The van der Waals surface area contributed by atoms with Crippen molar-refractivity contribution in [1.82, 2.24) is 15.1 Å². The van der Waals surface area contributed by atoms with Crippen LogP contribution in [0.15, 0.2) is 60.7 Å². The Balaban J connectivity index is 1.48. The number of amides is 1. The Labute approximate surface area is 187 Å². The van der Waals surface area contributed by atoms with E-state index in [0.717, 1.165) is 70.9 Å². The van der Waals surface area contributed by atoms with Crippen molar-refractivity contribution in [2.24, 2.45) is 0 Å². The number of piperidine rings is 1. The summed E-state index contributed by atoms with van der Waals surface area (Å²) in [5.41, 5.74) is 2.45. The van der Waals surface area contributed by atoms with E-state index in [9.17, 15) is 4.79 Å². The van der Waals surface area contributed by atoms with E-state index in [-0.39, 0.29) is 11.4 Å². The fraction of sp³-hybridized carbons (Fsp3) is 0.500. The number of hydrogen-bond donors (Lipinski definition) is 1. The Morgan fingerprint density at radius 1 is 0.935 bits per heavy atom. The van der Waals surface area contributed by atoms with Gasteiger partial charge >= 0.3 is 0 Å². The van der Waals surface area contributed by atoms with Crippen LogP contribution in [0.25, 0.3) is 0 Å². The van der Waals surface area contributed by atoms with Gasteiger partial charge in [0.1, 0.15) is 0 Å². The molecule has 31 heavy (non-hydrogen) atoms. The smallest absolute Gasteiger partial charge is 0.226 e. The van der Waals surface area contributed by atoms with Gasteiger partial charge in [0.2, 0.25) is 5.91 Å². The number of benzene rings is 2. The van der Waals surface area contributed by atoms with E-state index in [1.54, 1.807) is 0 Å². The number of hydrogen-bond acceptors (Lipinski definition) is 4. The third-order valence-corrected chi connectivity index (χ3v) is 6.95. The molecule has 0 saturated carbocycles. The number of nitrogens with one attached hydrogen (secondary N) is 1. The minimum Gasteiger partial charge on any atom is -0.317 e. The maximum absolute atomic E-state index is 12.9. The van der Waals surface area contributed by atoms with Gasteiger partial charge in [-0.2, -0.15) is 0 Å². The van der Waals surface area contributed by atoms with Gasteiger partial charge in [0.25, 0.3) is 0 Å². The van der Waals surface area contributed by atoms with Gasteiger partial charge < -0.3 is 10.2 Å². The molecule has 2 aliphatic rings. The van der Waals surface area contributed by atoms with Crippen LogP contribution in [-0.4, -0.2) is 67.1 Å². The summed E-state index contributed by atoms with van der Waals surface area (Å²) in [5, 5.41) is 3.54. The van der Waals surface area contributed by atoms with Crippen LogP contribution in [0.1, 0.15) is 31.7 Å². The molecule has 5 heteroatoms. The lowest BCUT2D eigenvalue weighted by molar-refractivity contribution is -0.119. The Kier molecular flexibility index (Phi) is 7.38. The van der Waals surface area contributed by atoms with Gasteiger partial charge in [-0.05, 0) is 43.6 Å². The fourth-order valence-corrected chi connectivity index (χ4v) is 5.10. The first-order valence-electron chi connectivity index (χ1n) is 11.8. The molecule has 0 spiro atoms. The average molecular weight is 421 g/mol. The highest BCUT2D eigenvalue weighted by Gasteiger charge is 2.41. The molecule has 4 rings (SSSR count). The third kappa shape index (κ3) is 5.35. The van der Waals surface area contributed by atoms with Gasteiger partial charge in [0, 0.05) is 56.9 Å². The Hall–Kier alpha value is -2.21. The average Bonchev–Trinajstić information content (AvgIpc) is 2.84. The highest BCUT2D eigenvalue weighted by Crippen LogP contribution is 2.31. The molecule has 2 aromatic carbocycles. The highest BCUT2D eigenvalue weighted by molar-refractivity contribution is 5.93. The molecule has 166 valence electrons. The second-order valence-electron chi connectivity index (χ2n) is 8.89. The molecule has 0 unspecified atom stereocenters. The maximum atomic E-state index is 12.9. The summed E-state index contributed by atoms with van der Waals surface area (Å²) >= 11 is 0. The largest absolute Gasteiger partial charge is 0.317 e. The lowest BCUT2D eigenvalue weighted by Crippen LogP contribution is -2.64. The summed E-state index contributed by atoms with van der Waals surface area (Å²) in [6.07, 6.45) is 2.71. The van der Waals surface area contributed by atoms with E-state index < -0.39 is 0 Å². The second-order valence-corrected chi connectivity index (χ2v) is 8.89. The molecule has 2 aliphatic heterocycles. The number of carbonyl (C=O) groups excluding carboxylic acids is 1. The Morgan fingerprint density at radius 2 is 1.55 bits per heavy atom. The van der Waals surface area contributed by atoms with E-state index in [1.807, 2.05) is 30.0 Å². The summed E-state index contributed by atoms with van der Waals surface area (Å²) in [7, 11) is 0. The van der Waals surface area contributed by atoms with Crippen molar-refractivity contribution >= 4 is 11.6 Å². The van der Waals surface area contributed by atoms with E-state index in [0.29, 0.717) is 6.42 Å². The molecule has 2 fully saturated rings. The van der Waals surface area contributed by atoms with Crippen LogP contribution >= 0.6 is 0 Å². The van der Waals surface area contributed by atoms with Crippen LogP contribution in [0.4, 0.5) is 5.69 Å². The van der Waals surface area contributed by atoms with Gasteiger partial charge in [-0.1, -0.05) is 55.5 Å². The molecular formula is C26H36N4O. The molecular weight excluding hydrogens is 384 g/mol. The number of piperazine rings is 1. The topological polar surface area (TPSA) is 38.8 Å². The zero-order chi connectivity index (χ0) is 21.5. The minimum atomic E-state index is 0.0464. The van der Waals surface area contributed by atoms with Crippen LogP contribution < -0.4 is 10.2 Å². The molecule has 2 heterocycles. The van der Waals surface area contributed by atoms with Crippen molar-refractivity contribution in [3.63, 3.8) is 0 Å². The van der Waals surface area contributed by atoms with Crippen molar-refractivity contribution in [2.75, 3.05) is 50.7 Å². The van der Waals surface area contributed by atoms with Crippen molar-refractivity contribution in [1.29, 1.82) is 0 Å². The SMILES string of the molecule is CCC(=O)N(CC1(N2CCN(Cc3ccccc3)CC2)CCNCC1)c1ccccc1. The monoisotopic (exact) mass is 420 g/mol. The normalized spacial score (nSPS) is 19.8. The first-order valence-corrected chi connectivity index (χ1v) is 11.8. The zero-order valence-corrected chi connectivity index (χ0v) is 18.8. The Bertz CT molecular complexity index is 812. The van der Waals surface area contributed by atoms with E-state index >= 15 is 0 Å². The highest BCUT2D eigenvalue weighted by atomic mass is 16.2. The van der Waals surface area contributed by atoms with Gasteiger partial charge in [-0.25, -0.2) is 0 Å². The molecule has 0 aromatic heterocycles. The van der Waals surface area contributed by atoms with Crippen LogP contribution in [-0.2, 0) is 11.3 Å². The summed E-state index contributed by atoms with van der Waals surface area (Å²) in [6.45, 7) is 10.1. The summed E-state index contributed by atoms with van der Waals surface area (Å²) in [6, 6.07) is 21.0. The number of carbonyl (C=O) groups is 1. The molecule has 0 atom stereocenters. The van der Waals surface area contributed by atoms with Gasteiger partial charge in [0.15, 0.2) is 0 Å². The molecule has 2 saturated heterocycles. The molecule has 5 nitrogen and oxygen atoms in total. The second kappa shape index (κ2) is 10.4. The molecule has 0 radical (unpaired) electrons. The lowest BCUT2D eigenvalue weighted by Gasteiger charge is -2.51. The van der Waals surface area contributed by atoms with E-state index in [4.69, 9.17) is 0 Å². The standard InChI is InChI=1S/C26H36N4O/c1-2-25(31)30(24-11-7-4-8-12-24)22-26(13-15-27-16-14-26)29-19-17-28(18-20-29)21-23-9-5-3-6-10-23/h3-12,27H,2,13-22H2,1H3. The van der Waals surface area contributed by atoms with E-state index in [1.165, 1.54) is 5.56 Å². The molecule has 1 N–H and O–H groups in total. The quantitative estimate of drug-likeness (QED) is 0.745. The number of nitrogens with zero attached hydrogens (tertiary/aromatic N) is 3. The van der Waals surface area contributed by atoms with Gasteiger partial charge in [0.05, 0.1) is 0 Å². The first kappa shape index (κ1) is 22.0. The molecule has 0 bridgehead atoms. The third-order valence-electron chi connectivity index (χ3n) is 6.95. The Morgan fingerprint density at radius 3 is 2.16 bits per heavy atom. The predicted molar refractivity (Wildman–Crippen MR) is 127 cm³/mol. The number of anilines is 1. The summed E-state index contributed by atoms with van der Waals surface area (Å²) < 4.78 is 0. The lowest BCUT2D eigenvalue weighted by atomic mass is 9.84. The van der Waals surface area contributed by atoms with Crippen LogP contribution in [0.2, 0.25) is 0 Å². The van der Waals surface area contributed by atoms with Crippen molar-refractivity contribution in [2.45, 2.75) is 38.3 Å².